The summed E-state index contributed by atoms with van der Waals surface area (Å²) in [5.74, 6) is -0.147. The van der Waals surface area contributed by atoms with Crippen molar-refractivity contribution in [2.24, 2.45) is 0 Å². The molecule has 3 rings (SSSR count). The van der Waals surface area contributed by atoms with E-state index in [1.54, 1.807) is 6.07 Å². The Hall–Kier alpha value is -2.42. The van der Waals surface area contributed by atoms with Crippen LogP contribution < -0.4 is 14.8 Å². The van der Waals surface area contributed by atoms with Crippen LogP contribution in [0.1, 0.15) is 22.3 Å². The largest absolute Gasteiger partial charge is 0.496 e. The predicted octanol–water partition coefficient (Wildman–Crippen LogP) is 2.32. The first-order valence-electron chi connectivity index (χ1n) is 8.56. The van der Waals surface area contributed by atoms with Crippen molar-refractivity contribution in [3.05, 3.63) is 53.6 Å². The van der Waals surface area contributed by atoms with Crippen LogP contribution >= 0.6 is 0 Å². The molecule has 1 atom stereocenters. The number of hydrogen-bond donors (Lipinski definition) is 2. The van der Waals surface area contributed by atoms with Gasteiger partial charge in [-0.15, -0.1) is 0 Å². The summed E-state index contributed by atoms with van der Waals surface area (Å²) < 4.78 is 38.3. The lowest BCUT2D eigenvalue weighted by Crippen LogP contribution is -2.35. The van der Waals surface area contributed by atoms with Gasteiger partial charge in [0.2, 0.25) is 10.0 Å². The van der Waals surface area contributed by atoms with Crippen molar-refractivity contribution in [2.45, 2.75) is 24.3 Å². The van der Waals surface area contributed by atoms with Gasteiger partial charge in [0.1, 0.15) is 5.75 Å². The van der Waals surface area contributed by atoms with Gasteiger partial charge in [0.05, 0.1) is 24.2 Å². The molecule has 2 N–H and O–H groups in total. The third-order valence-corrected chi connectivity index (χ3v) is 5.89. The van der Waals surface area contributed by atoms with Crippen molar-refractivity contribution in [1.29, 1.82) is 0 Å². The molecule has 144 valence electrons. The Labute approximate surface area is 158 Å². The van der Waals surface area contributed by atoms with Gasteiger partial charge < -0.3 is 14.8 Å². The molecule has 0 radical (unpaired) electrons. The van der Waals surface area contributed by atoms with E-state index in [9.17, 15) is 13.2 Å². The van der Waals surface area contributed by atoms with Gasteiger partial charge in [0.25, 0.3) is 5.91 Å². The Morgan fingerprint density at radius 1 is 1.22 bits per heavy atom. The van der Waals surface area contributed by atoms with E-state index in [0.717, 1.165) is 5.56 Å². The summed E-state index contributed by atoms with van der Waals surface area (Å²) in [6.45, 7) is 2.75. The Balaban J connectivity index is 1.89. The fourth-order valence-electron chi connectivity index (χ4n) is 2.85. The number of carbonyl (C=O) groups is 1. The van der Waals surface area contributed by atoms with E-state index in [4.69, 9.17) is 9.47 Å². The highest BCUT2D eigenvalue weighted by Crippen LogP contribution is 2.25. The third-order valence-electron chi connectivity index (χ3n) is 4.37. The molecule has 1 aliphatic rings. The molecule has 2 aromatic carbocycles. The summed E-state index contributed by atoms with van der Waals surface area (Å²) in [4.78, 5) is 12.7. The molecule has 2 aromatic rings. The van der Waals surface area contributed by atoms with E-state index < -0.39 is 15.9 Å². The van der Waals surface area contributed by atoms with Gasteiger partial charge in [-0.3, -0.25) is 4.79 Å². The lowest BCUT2D eigenvalue weighted by molar-refractivity contribution is 0.102. The van der Waals surface area contributed by atoms with Crippen LogP contribution in [0.5, 0.6) is 5.75 Å². The molecule has 1 aliphatic heterocycles. The van der Waals surface area contributed by atoms with Crippen LogP contribution in [0.2, 0.25) is 0 Å². The zero-order valence-electron chi connectivity index (χ0n) is 15.2. The third kappa shape index (κ3) is 4.47. The van der Waals surface area contributed by atoms with Gasteiger partial charge in [0, 0.05) is 18.3 Å². The Kier molecular flexibility index (Phi) is 5.79. The van der Waals surface area contributed by atoms with E-state index >= 15 is 0 Å². The van der Waals surface area contributed by atoms with Crippen molar-refractivity contribution in [3.63, 3.8) is 0 Å². The molecule has 0 saturated carbocycles. The summed E-state index contributed by atoms with van der Waals surface area (Å²) in [6, 6.07) is 11.3. The molecule has 1 fully saturated rings. The highest BCUT2D eigenvalue weighted by molar-refractivity contribution is 7.89. The summed E-state index contributed by atoms with van der Waals surface area (Å²) >= 11 is 0. The van der Waals surface area contributed by atoms with Gasteiger partial charge >= 0.3 is 0 Å². The maximum absolute atomic E-state index is 12.7. The number of para-hydroxylation sites is 1. The Morgan fingerprint density at radius 2 is 2.00 bits per heavy atom. The minimum absolute atomic E-state index is 0.00475. The average Bonchev–Trinajstić information content (AvgIpc) is 3.15. The molecule has 7 nitrogen and oxygen atoms in total. The predicted molar refractivity (Wildman–Crippen MR) is 102 cm³/mol. The van der Waals surface area contributed by atoms with E-state index in [0.29, 0.717) is 31.1 Å². The van der Waals surface area contributed by atoms with Crippen LogP contribution in [0.3, 0.4) is 0 Å². The summed E-state index contributed by atoms with van der Waals surface area (Å²) in [5.41, 5.74) is 1.70. The van der Waals surface area contributed by atoms with Gasteiger partial charge in [-0.05, 0) is 43.2 Å². The molecule has 27 heavy (non-hydrogen) atoms. The number of nitrogens with one attached hydrogen (secondary N) is 2. The first-order valence-corrected chi connectivity index (χ1v) is 10.0. The van der Waals surface area contributed by atoms with Crippen molar-refractivity contribution >= 4 is 21.6 Å². The molecule has 1 amide bonds. The van der Waals surface area contributed by atoms with Gasteiger partial charge in [-0.25, -0.2) is 13.1 Å². The molecule has 0 spiro atoms. The number of anilines is 1. The zero-order chi connectivity index (χ0) is 19.4. The first kappa shape index (κ1) is 19.3. The van der Waals surface area contributed by atoms with Crippen molar-refractivity contribution < 1.29 is 22.7 Å². The normalized spacial score (nSPS) is 16.9. The minimum atomic E-state index is -3.77. The van der Waals surface area contributed by atoms with Crippen LogP contribution in [-0.4, -0.2) is 40.7 Å². The van der Waals surface area contributed by atoms with Crippen molar-refractivity contribution in [3.8, 4) is 5.75 Å². The number of aryl methyl sites for hydroxylation is 1. The second kappa shape index (κ2) is 8.08. The lowest BCUT2D eigenvalue weighted by atomic mass is 10.1. The number of rotatable bonds is 6. The molecule has 0 bridgehead atoms. The van der Waals surface area contributed by atoms with E-state index in [2.05, 4.69) is 10.0 Å². The van der Waals surface area contributed by atoms with Crippen LogP contribution in [0.15, 0.2) is 47.4 Å². The quantitative estimate of drug-likeness (QED) is 0.790. The topological polar surface area (TPSA) is 93.7 Å². The number of ether oxygens (including phenoxy) is 2. The second-order valence-electron chi connectivity index (χ2n) is 6.31. The second-order valence-corrected chi connectivity index (χ2v) is 8.03. The van der Waals surface area contributed by atoms with Gasteiger partial charge in [-0.1, -0.05) is 18.2 Å². The van der Waals surface area contributed by atoms with Crippen molar-refractivity contribution in [1.82, 2.24) is 4.72 Å². The van der Waals surface area contributed by atoms with Crippen LogP contribution in [0.25, 0.3) is 0 Å². The molecular weight excluding hydrogens is 368 g/mol. The number of amides is 1. The molecular formula is C19H22N2O5S. The monoisotopic (exact) mass is 390 g/mol. The lowest BCUT2D eigenvalue weighted by Gasteiger charge is -2.15. The smallest absolute Gasteiger partial charge is 0.259 e. The molecule has 1 heterocycles. The van der Waals surface area contributed by atoms with Crippen LogP contribution in [-0.2, 0) is 14.8 Å². The summed E-state index contributed by atoms with van der Waals surface area (Å²) in [7, 11) is -2.34. The average molecular weight is 390 g/mol. The van der Waals surface area contributed by atoms with E-state index in [1.165, 1.54) is 25.3 Å². The van der Waals surface area contributed by atoms with E-state index in [-0.39, 0.29) is 16.5 Å². The van der Waals surface area contributed by atoms with Gasteiger partial charge in [-0.2, -0.15) is 0 Å². The highest BCUT2D eigenvalue weighted by atomic mass is 32.2. The highest BCUT2D eigenvalue weighted by Gasteiger charge is 2.25. The fourth-order valence-corrected chi connectivity index (χ4v) is 4.13. The Bertz CT molecular complexity index is 937. The first-order chi connectivity index (χ1) is 12.9. The number of methoxy groups -OCH3 is 1. The zero-order valence-corrected chi connectivity index (χ0v) is 16.0. The molecule has 0 aromatic heterocycles. The fraction of sp³-hybridized carbons (Fsp3) is 0.316. The Morgan fingerprint density at radius 3 is 2.67 bits per heavy atom. The molecule has 8 heteroatoms. The maximum Gasteiger partial charge on any atom is 0.259 e. The van der Waals surface area contributed by atoms with E-state index in [1.807, 2.05) is 25.1 Å². The number of hydrogen-bond acceptors (Lipinski definition) is 5. The summed E-state index contributed by atoms with van der Waals surface area (Å²) in [5, 5.41) is 2.80. The molecule has 0 aliphatic carbocycles. The van der Waals surface area contributed by atoms with Crippen molar-refractivity contribution in [2.75, 3.05) is 25.6 Å². The molecule has 0 unspecified atom stereocenters. The number of sulfonamides is 1. The van der Waals surface area contributed by atoms with Crippen LogP contribution in [0.4, 0.5) is 5.69 Å². The maximum atomic E-state index is 12.7. The van der Waals surface area contributed by atoms with Gasteiger partial charge in [0.15, 0.2) is 0 Å². The molecule has 1 saturated heterocycles. The number of carbonyl (C=O) groups excluding carboxylic acids is 1. The SMILES string of the molecule is COc1ccc(S(=O)(=O)N[C@H]2CCOC2)cc1C(=O)Nc1ccccc1C. The standard InChI is InChI=1S/C19H22N2O5S/c1-13-5-3-4-6-17(13)20-19(22)16-11-15(7-8-18(16)25-2)27(23,24)21-14-9-10-26-12-14/h3-8,11,14,21H,9-10,12H2,1-2H3,(H,20,22)/t14-/m0/s1. The minimum Gasteiger partial charge on any atom is -0.496 e. The van der Waals surface area contributed by atoms with Crippen LogP contribution in [0, 0.1) is 6.92 Å². The summed E-state index contributed by atoms with van der Waals surface area (Å²) in [6.07, 6.45) is 0.621. The number of benzene rings is 2.